The van der Waals surface area contributed by atoms with Crippen LogP contribution in [0.3, 0.4) is 0 Å². The second-order valence-corrected chi connectivity index (χ2v) is 8.71. The second kappa shape index (κ2) is 11.2. The molecule has 0 unspecified atom stereocenters. The van der Waals surface area contributed by atoms with Gasteiger partial charge in [-0.05, 0) is 60.4 Å². The molecule has 0 bridgehead atoms. The van der Waals surface area contributed by atoms with E-state index >= 15 is 0 Å². The number of amides is 1. The van der Waals surface area contributed by atoms with E-state index in [1.807, 2.05) is 19.1 Å². The van der Waals surface area contributed by atoms with E-state index in [0.717, 1.165) is 17.8 Å². The third-order valence-corrected chi connectivity index (χ3v) is 5.91. The number of pyridine rings is 1. The molecule has 0 radical (unpaired) electrons. The van der Waals surface area contributed by atoms with Crippen LogP contribution in [0.15, 0.2) is 67.0 Å². The van der Waals surface area contributed by atoms with Crippen molar-refractivity contribution < 1.29 is 27.8 Å². The highest BCUT2D eigenvalue weighted by molar-refractivity contribution is 6.04. The number of rotatable bonds is 7. The zero-order chi connectivity index (χ0) is 28.2. The Balaban J connectivity index is 1.54. The number of hydrogen-bond acceptors (Lipinski definition) is 7. The van der Waals surface area contributed by atoms with E-state index in [4.69, 9.17) is 4.74 Å². The molecule has 2 heterocycles. The molecule has 39 heavy (non-hydrogen) atoms. The van der Waals surface area contributed by atoms with Gasteiger partial charge in [0.15, 0.2) is 11.5 Å². The number of nitrogens with one attached hydrogen (secondary N) is 1. The quantitative estimate of drug-likeness (QED) is 0.311. The van der Waals surface area contributed by atoms with Gasteiger partial charge in [0, 0.05) is 29.3 Å². The average Bonchev–Trinajstić information content (AvgIpc) is 2.92. The van der Waals surface area contributed by atoms with E-state index in [2.05, 4.69) is 20.3 Å². The van der Waals surface area contributed by atoms with Crippen LogP contribution in [0.4, 0.5) is 18.9 Å². The maximum Gasteiger partial charge on any atom is 0.417 e. The molecule has 4 aromatic rings. The Labute approximate surface area is 221 Å². The lowest BCUT2D eigenvalue weighted by Gasteiger charge is -2.15. The summed E-state index contributed by atoms with van der Waals surface area (Å²) >= 11 is 0. The number of anilines is 1. The Morgan fingerprint density at radius 3 is 2.64 bits per heavy atom. The fraction of sp³-hybridized carbons (Fsp3) is 0.179. The van der Waals surface area contributed by atoms with E-state index in [9.17, 15) is 28.3 Å². The van der Waals surface area contributed by atoms with E-state index < -0.39 is 17.6 Å². The SMILES string of the molecule is COc1cc(-c2cc(C[C@@H](C)c3cccc(NC(=O)c4cncc(C(F)(F)F)c4)c3)nc(C#N)n2)ccc1O. The Hall–Kier alpha value is -4.98. The van der Waals surface area contributed by atoms with Crippen molar-refractivity contribution in [3.63, 3.8) is 0 Å². The predicted octanol–water partition coefficient (Wildman–Crippen LogP) is 5.74. The number of phenols is 1. The summed E-state index contributed by atoms with van der Waals surface area (Å²) < 4.78 is 44.1. The summed E-state index contributed by atoms with van der Waals surface area (Å²) in [4.78, 5) is 24.7. The smallest absolute Gasteiger partial charge is 0.417 e. The first-order valence-corrected chi connectivity index (χ1v) is 11.7. The number of aromatic nitrogens is 3. The Bertz CT molecular complexity index is 1570. The molecule has 0 fully saturated rings. The van der Waals surface area contributed by atoms with Gasteiger partial charge in [0.25, 0.3) is 5.91 Å². The highest BCUT2D eigenvalue weighted by Gasteiger charge is 2.31. The minimum atomic E-state index is -4.61. The fourth-order valence-corrected chi connectivity index (χ4v) is 3.91. The number of halogens is 3. The van der Waals surface area contributed by atoms with Gasteiger partial charge in [-0.15, -0.1) is 0 Å². The topological polar surface area (TPSA) is 121 Å². The molecule has 2 N–H and O–H groups in total. The molecule has 8 nitrogen and oxygen atoms in total. The third kappa shape index (κ3) is 6.48. The molecule has 0 aliphatic rings. The van der Waals surface area contributed by atoms with Gasteiger partial charge in [-0.2, -0.15) is 18.4 Å². The third-order valence-electron chi connectivity index (χ3n) is 5.91. The van der Waals surface area contributed by atoms with Gasteiger partial charge >= 0.3 is 6.18 Å². The minimum absolute atomic E-state index is 0.0162. The van der Waals surface area contributed by atoms with Gasteiger partial charge in [0.1, 0.15) is 6.07 Å². The van der Waals surface area contributed by atoms with Crippen LogP contribution in [0, 0.1) is 11.3 Å². The number of hydrogen-bond donors (Lipinski definition) is 2. The van der Waals surface area contributed by atoms with E-state index in [1.165, 1.54) is 13.2 Å². The van der Waals surface area contributed by atoms with Crippen LogP contribution < -0.4 is 10.1 Å². The van der Waals surface area contributed by atoms with E-state index in [1.54, 1.807) is 36.4 Å². The van der Waals surface area contributed by atoms with Crippen molar-refractivity contribution in [3.05, 3.63) is 95.2 Å². The van der Waals surface area contributed by atoms with Crippen LogP contribution in [0.25, 0.3) is 11.3 Å². The van der Waals surface area contributed by atoms with Gasteiger partial charge in [0.05, 0.1) is 23.9 Å². The molecule has 2 aromatic carbocycles. The molecule has 1 amide bonds. The first-order valence-electron chi connectivity index (χ1n) is 11.7. The van der Waals surface area contributed by atoms with Crippen molar-refractivity contribution in [3.8, 4) is 28.8 Å². The number of aromatic hydroxyl groups is 1. The first-order chi connectivity index (χ1) is 18.6. The second-order valence-electron chi connectivity index (χ2n) is 8.71. The number of nitriles is 1. The van der Waals surface area contributed by atoms with Gasteiger partial charge in [-0.3, -0.25) is 9.78 Å². The summed E-state index contributed by atoms with van der Waals surface area (Å²) in [6.07, 6.45) is -2.46. The van der Waals surface area contributed by atoms with Crippen molar-refractivity contribution in [2.24, 2.45) is 0 Å². The maximum atomic E-state index is 13.0. The van der Waals surface area contributed by atoms with Crippen molar-refractivity contribution in [1.82, 2.24) is 15.0 Å². The molecule has 0 aliphatic carbocycles. The lowest BCUT2D eigenvalue weighted by Crippen LogP contribution is -2.15. The zero-order valence-electron chi connectivity index (χ0n) is 20.8. The predicted molar refractivity (Wildman–Crippen MR) is 136 cm³/mol. The number of phenolic OH excluding ortho intramolecular Hbond substituents is 1. The van der Waals surface area contributed by atoms with Crippen LogP contribution in [0.5, 0.6) is 11.5 Å². The summed E-state index contributed by atoms with van der Waals surface area (Å²) in [6.45, 7) is 1.94. The molecule has 0 saturated heterocycles. The standard InChI is InChI=1S/C28H22F3N5O3/c1-16(8-22-12-23(36-26(13-32)34-22)18-6-7-24(37)25(11-18)39-2)17-4-3-5-21(10-17)35-27(38)19-9-20(15-33-14-19)28(29,30)31/h3-7,9-12,14-16,37H,8H2,1-2H3,(H,35,38)/t16-/m1/s1. The monoisotopic (exact) mass is 533 g/mol. The summed E-state index contributed by atoms with van der Waals surface area (Å²) in [5.74, 6) is -0.611. The molecule has 4 rings (SSSR count). The Morgan fingerprint density at radius 1 is 1.13 bits per heavy atom. The maximum absolute atomic E-state index is 13.0. The lowest BCUT2D eigenvalue weighted by molar-refractivity contribution is -0.137. The molecule has 0 aliphatic heterocycles. The van der Waals surface area contributed by atoms with Crippen molar-refractivity contribution in [1.29, 1.82) is 5.26 Å². The number of ether oxygens (including phenoxy) is 1. The summed E-state index contributed by atoms with van der Waals surface area (Å²) in [5, 5.41) is 22.0. The first kappa shape index (κ1) is 27.1. The highest BCUT2D eigenvalue weighted by atomic mass is 19.4. The number of alkyl halides is 3. The number of benzene rings is 2. The minimum Gasteiger partial charge on any atom is -0.504 e. The normalized spacial score (nSPS) is 11.9. The molecule has 11 heteroatoms. The Morgan fingerprint density at radius 2 is 1.92 bits per heavy atom. The van der Waals surface area contributed by atoms with Gasteiger partial charge < -0.3 is 15.2 Å². The van der Waals surface area contributed by atoms with Crippen LogP contribution >= 0.6 is 0 Å². The van der Waals surface area contributed by atoms with Crippen LogP contribution in [0.2, 0.25) is 0 Å². The van der Waals surface area contributed by atoms with Gasteiger partial charge in [0.2, 0.25) is 5.82 Å². The molecule has 198 valence electrons. The summed E-state index contributed by atoms with van der Waals surface area (Å²) in [5.41, 5.74) is 1.72. The number of carbonyl (C=O) groups is 1. The largest absolute Gasteiger partial charge is 0.504 e. The molecule has 1 atom stereocenters. The lowest BCUT2D eigenvalue weighted by atomic mass is 9.95. The molecular formula is C28H22F3N5O3. The number of methoxy groups -OCH3 is 1. The average molecular weight is 534 g/mol. The van der Waals surface area contributed by atoms with Crippen LogP contribution in [-0.2, 0) is 12.6 Å². The zero-order valence-corrected chi connectivity index (χ0v) is 20.8. The molecule has 0 spiro atoms. The van der Waals surface area contributed by atoms with E-state index in [0.29, 0.717) is 35.3 Å². The summed E-state index contributed by atoms with van der Waals surface area (Å²) in [6, 6.07) is 16.1. The van der Waals surface area contributed by atoms with E-state index in [-0.39, 0.29) is 28.8 Å². The van der Waals surface area contributed by atoms with Crippen LogP contribution in [0.1, 0.15) is 45.8 Å². The Kier molecular flexibility index (Phi) is 7.76. The highest BCUT2D eigenvalue weighted by Crippen LogP contribution is 2.32. The number of nitrogens with zero attached hydrogens (tertiary/aromatic N) is 4. The molecule has 0 saturated carbocycles. The van der Waals surface area contributed by atoms with Gasteiger partial charge in [-0.1, -0.05) is 19.1 Å². The summed E-state index contributed by atoms with van der Waals surface area (Å²) in [7, 11) is 1.43. The number of carbonyl (C=O) groups excluding carboxylic acids is 1. The molecule has 2 aromatic heterocycles. The van der Waals surface area contributed by atoms with Gasteiger partial charge in [-0.25, -0.2) is 9.97 Å². The van der Waals surface area contributed by atoms with Crippen LogP contribution in [-0.4, -0.2) is 33.1 Å². The van der Waals surface area contributed by atoms with Crippen molar-refractivity contribution in [2.45, 2.75) is 25.4 Å². The van der Waals surface area contributed by atoms with Crippen molar-refractivity contribution >= 4 is 11.6 Å². The van der Waals surface area contributed by atoms with Crippen molar-refractivity contribution in [2.75, 3.05) is 12.4 Å². The molecular weight excluding hydrogens is 511 g/mol. The fourth-order valence-electron chi connectivity index (χ4n) is 3.91.